The molecule has 2 rings (SSSR count). The summed E-state index contributed by atoms with van der Waals surface area (Å²) in [5, 5.41) is 13.0. The summed E-state index contributed by atoms with van der Waals surface area (Å²) in [4.78, 5) is 6.60. The van der Waals surface area contributed by atoms with Gasteiger partial charge in [0.15, 0.2) is 0 Å². The Hall–Kier alpha value is -0.880. The standard InChI is InChI=1S/C12H18ClN3O2/c1-14-12-3-2-10(13)11(15-12)6-16-4-5-18-8-9(16)7-17/h2-3,9,17H,4-8H2,1H3,(H,14,15). The molecule has 1 fully saturated rings. The van der Waals surface area contributed by atoms with Gasteiger partial charge in [0, 0.05) is 20.1 Å². The van der Waals surface area contributed by atoms with Gasteiger partial charge < -0.3 is 15.2 Å². The number of halogens is 1. The van der Waals surface area contributed by atoms with Gasteiger partial charge in [-0.15, -0.1) is 0 Å². The second kappa shape index (κ2) is 6.33. The van der Waals surface area contributed by atoms with Crippen LogP contribution in [0.15, 0.2) is 12.1 Å². The Morgan fingerprint density at radius 3 is 3.17 bits per heavy atom. The quantitative estimate of drug-likeness (QED) is 0.855. The van der Waals surface area contributed by atoms with Gasteiger partial charge in [-0.3, -0.25) is 4.90 Å². The van der Waals surface area contributed by atoms with E-state index < -0.39 is 0 Å². The van der Waals surface area contributed by atoms with E-state index in [1.807, 2.05) is 19.2 Å². The fraction of sp³-hybridized carbons (Fsp3) is 0.583. The zero-order valence-electron chi connectivity index (χ0n) is 10.4. The molecule has 5 nitrogen and oxygen atoms in total. The highest BCUT2D eigenvalue weighted by Crippen LogP contribution is 2.20. The van der Waals surface area contributed by atoms with Crippen LogP contribution in [0.25, 0.3) is 0 Å². The fourth-order valence-electron chi connectivity index (χ4n) is 1.99. The molecule has 1 aliphatic heterocycles. The Morgan fingerprint density at radius 2 is 2.44 bits per heavy atom. The van der Waals surface area contributed by atoms with Gasteiger partial charge in [0.05, 0.1) is 36.6 Å². The first kappa shape index (κ1) is 13.5. The van der Waals surface area contributed by atoms with Gasteiger partial charge in [-0.2, -0.15) is 0 Å². The first-order valence-electron chi connectivity index (χ1n) is 6.00. The summed E-state index contributed by atoms with van der Waals surface area (Å²) in [6.07, 6.45) is 0. The van der Waals surface area contributed by atoms with Crippen molar-refractivity contribution in [2.45, 2.75) is 12.6 Å². The molecule has 100 valence electrons. The molecule has 0 spiro atoms. The molecule has 0 aliphatic carbocycles. The molecule has 1 atom stereocenters. The molecular weight excluding hydrogens is 254 g/mol. The minimum absolute atomic E-state index is 0.0230. The van der Waals surface area contributed by atoms with Crippen LogP contribution in [0.5, 0.6) is 0 Å². The van der Waals surface area contributed by atoms with E-state index >= 15 is 0 Å². The maximum atomic E-state index is 9.32. The molecule has 0 radical (unpaired) electrons. The molecule has 0 aromatic carbocycles. The van der Waals surface area contributed by atoms with Crippen molar-refractivity contribution in [3.63, 3.8) is 0 Å². The number of hydrogen-bond acceptors (Lipinski definition) is 5. The number of pyridine rings is 1. The van der Waals surface area contributed by atoms with Gasteiger partial charge in [-0.05, 0) is 12.1 Å². The van der Waals surface area contributed by atoms with Crippen molar-refractivity contribution in [1.82, 2.24) is 9.88 Å². The summed E-state index contributed by atoms with van der Waals surface area (Å²) in [5.41, 5.74) is 0.823. The number of nitrogens with one attached hydrogen (secondary N) is 1. The summed E-state index contributed by atoms with van der Waals surface area (Å²) >= 11 is 6.15. The molecule has 2 heterocycles. The second-order valence-corrected chi connectivity index (χ2v) is 4.66. The minimum atomic E-state index is 0.0230. The molecule has 2 N–H and O–H groups in total. The summed E-state index contributed by atoms with van der Waals surface area (Å²) < 4.78 is 5.35. The van der Waals surface area contributed by atoms with E-state index in [4.69, 9.17) is 16.3 Å². The predicted octanol–water partition coefficient (Wildman–Crippen LogP) is 0.970. The predicted molar refractivity (Wildman–Crippen MR) is 70.9 cm³/mol. The van der Waals surface area contributed by atoms with Crippen LogP contribution < -0.4 is 5.32 Å². The third-order valence-electron chi connectivity index (χ3n) is 3.09. The summed E-state index contributed by atoms with van der Waals surface area (Å²) in [6, 6.07) is 3.70. The molecule has 0 saturated carbocycles. The lowest BCUT2D eigenvalue weighted by molar-refractivity contribution is -0.0317. The zero-order chi connectivity index (χ0) is 13.0. The largest absolute Gasteiger partial charge is 0.395 e. The molecule has 1 aliphatic rings. The Bertz CT molecular complexity index is 403. The third-order valence-corrected chi connectivity index (χ3v) is 3.43. The van der Waals surface area contributed by atoms with Crippen LogP contribution in [0.1, 0.15) is 5.69 Å². The molecule has 1 saturated heterocycles. The highest BCUT2D eigenvalue weighted by atomic mass is 35.5. The van der Waals surface area contributed by atoms with Gasteiger partial charge in [0.1, 0.15) is 5.82 Å². The van der Waals surface area contributed by atoms with Gasteiger partial charge in [-0.25, -0.2) is 4.98 Å². The lowest BCUT2D eigenvalue weighted by Crippen LogP contribution is -2.47. The van der Waals surface area contributed by atoms with Crippen LogP contribution in [-0.2, 0) is 11.3 Å². The van der Waals surface area contributed by atoms with Crippen LogP contribution in [0, 0.1) is 0 Å². The SMILES string of the molecule is CNc1ccc(Cl)c(CN2CCOCC2CO)n1. The fourth-order valence-corrected chi connectivity index (χ4v) is 2.16. The van der Waals surface area contributed by atoms with Crippen molar-refractivity contribution in [3.05, 3.63) is 22.8 Å². The Labute approximate surface area is 112 Å². The van der Waals surface area contributed by atoms with Gasteiger partial charge in [-0.1, -0.05) is 11.6 Å². The van der Waals surface area contributed by atoms with Crippen LogP contribution in [-0.4, -0.2) is 54.4 Å². The maximum absolute atomic E-state index is 9.32. The van der Waals surface area contributed by atoms with E-state index in [0.29, 0.717) is 24.8 Å². The Kier molecular flexibility index (Phi) is 4.77. The molecule has 0 bridgehead atoms. The first-order valence-corrected chi connectivity index (χ1v) is 6.38. The van der Waals surface area contributed by atoms with E-state index in [0.717, 1.165) is 18.1 Å². The van der Waals surface area contributed by atoms with Crippen molar-refractivity contribution in [3.8, 4) is 0 Å². The Balaban J connectivity index is 2.11. The highest BCUT2D eigenvalue weighted by molar-refractivity contribution is 6.31. The number of anilines is 1. The minimum Gasteiger partial charge on any atom is -0.395 e. The summed E-state index contributed by atoms with van der Waals surface area (Å²) in [5.74, 6) is 0.795. The van der Waals surface area contributed by atoms with Crippen LogP contribution in [0.3, 0.4) is 0 Å². The van der Waals surface area contributed by atoms with Crippen molar-refractivity contribution in [2.75, 3.05) is 38.7 Å². The molecular formula is C12H18ClN3O2. The van der Waals surface area contributed by atoms with Crippen LogP contribution in [0.2, 0.25) is 5.02 Å². The second-order valence-electron chi connectivity index (χ2n) is 4.26. The van der Waals surface area contributed by atoms with E-state index in [-0.39, 0.29) is 12.6 Å². The van der Waals surface area contributed by atoms with E-state index in [2.05, 4.69) is 15.2 Å². The molecule has 1 unspecified atom stereocenters. The number of aliphatic hydroxyl groups is 1. The number of rotatable bonds is 4. The highest BCUT2D eigenvalue weighted by Gasteiger charge is 2.23. The molecule has 1 aromatic heterocycles. The third kappa shape index (κ3) is 3.11. The zero-order valence-corrected chi connectivity index (χ0v) is 11.2. The van der Waals surface area contributed by atoms with E-state index in [9.17, 15) is 5.11 Å². The Morgan fingerprint density at radius 1 is 1.61 bits per heavy atom. The normalized spacial score (nSPS) is 20.9. The van der Waals surface area contributed by atoms with Crippen molar-refractivity contribution in [1.29, 1.82) is 0 Å². The van der Waals surface area contributed by atoms with Crippen molar-refractivity contribution < 1.29 is 9.84 Å². The lowest BCUT2D eigenvalue weighted by atomic mass is 10.2. The average molecular weight is 272 g/mol. The lowest BCUT2D eigenvalue weighted by Gasteiger charge is -2.34. The summed E-state index contributed by atoms with van der Waals surface area (Å²) in [7, 11) is 1.82. The van der Waals surface area contributed by atoms with Gasteiger partial charge >= 0.3 is 0 Å². The van der Waals surface area contributed by atoms with Gasteiger partial charge in [0.2, 0.25) is 0 Å². The number of aromatic nitrogens is 1. The van der Waals surface area contributed by atoms with Crippen LogP contribution >= 0.6 is 11.6 Å². The maximum Gasteiger partial charge on any atom is 0.126 e. The van der Waals surface area contributed by atoms with Gasteiger partial charge in [0.25, 0.3) is 0 Å². The number of ether oxygens (including phenoxy) is 1. The average Bonchev–Trinajstić information content (AvgIpc) is 2.42. The number of morpholine rings is 1. The van der Waals surface area contributed by atoms with E-state index in [1.54, 1.807) is 0 Å². The molecule has 1 aromatic rings. The number of nitrogens with zero attached hydrogens (tertiary/aromatic N) is 2. The van der Waals surface area contributed by atoms with Crippen molar-refractivity contribution >= 4 is 17.4 Å². The smallest absolute Gasteiger partial charge is 0.126 e. The molecule has 6 heteroatoms. The molecule has 0 amide bonds. The van der Waals surface area contributed by atoms with Crippen LogP contribution in [0.4, 0.5) is 5.82 Å². The topological polar surface area (TPSA) is 57.6 Å². The number of aliphatic hydroxyl groups excluding tert-OH is 1. The number of hydrogen-bond donors (Lipinski definition) is 2. The van der Waals surface area contributed by atoms with E-state index in [1.165, 1.54) is 0 Å². The summed E-state index contributed by atoms with van der Waals surface area (Å²) in [6.45, 7) is 2.74. The molecule has 18 heavy (non-hydrogen) atoms. The van der Waals surface area contributed by atoms with Crippen molar-refractivity contribution in [2.24, 2.45) is 0 Å². The first-order chi connectivity index (χ1) is 8.74. The monoisotopic (exact) mass is 271 g/mol.